The topological polar surface area (TPSA) is 107 Å². The Morgan fingerprint density at radius 1 is 1.04 bits per heavy atom. The third kappa shape index (κ3) is 3.09. The molecular formula is C18H19N3O3. The quantitative estimate of drug-likeness (QED) is 0.771. The van der Waals surface area contributed by atoms with Gasteiger partial charge >= 0.3 is 6.09 Å². The van der Waals surface area contributed by atoms with Crippen molar-refractivity contribution in [1.82, 2.24) is 5.32 Å². The molecule has 24 heavy (non-hydrogen) atoms. The van der Waals surface area contributed by atoms with Crippen LogP contribution in [-0.2, 0) is 9.53 Å². The van der Waals surface area contributed by atoms with Crippen molar-refractivity contribution >= 4 is 12.0 Å². The zero-order valence-electron chi connectivity index (χ0n) is 13.1. The fourth-order valence-corrected chi connectivity index (χ4v) is 2.94. The number of hydrogen-bond donors (Lipinski definition) is 3. The van der Waals surface area contributed by atoms with Crippen molar-refractivity contribution in [2.75, 3.05) is 13.2 Å². The van der Waals surface area contributed by atoms with Gasteiger partial charge in [-0.15, -0.1) is 0 Å². The van der Waals surface area contributed by atoms with Crippen molar-refractivity contribution in [2.24, 2.45) is 11.5 Å². The van der Waals surface area contributed by atoms with Crippen LogP contribution >= 0.6 is 0 Å². The van der Waals surface area contributed by atoms with Gasteiger partial charge in [-0.05, 0) is 22.3 Å². The van der Waals surface area contributed by atoms with E-state index in [0.29, 0.717) is 0 Å². The van der Waals surface area contributed by atoms with Crippen molar-refractivity contribution in [3.05, 3.63) is 59.7 Å². The first-order valence-corrected chi connectivity index (χ1v) is 7.71. The van der Waals surface area contributed by atoms with Gasteiger partial charge in [0.2, 0.25) is 5.91 Å². The van der Waals surface area contributed by atoms with E-state index in [9.17, 15) is 9.59 Å². The van der Waals surface area contributed by atoms with Gasteiger partial charge in [-0.25, -0.2) is 4.79 Å². The van der Waals surface area contributed by atoms with E-state index in [-0.39, 0.29) is 19.1 Å². The van der Waals surface area contributed by atoms with Crippen molar-refractivity contribution in [2.45, 2.75) is 12.0 Å². The molecule has 2 aromatic carbocycles. The number of carbonyl (C=O) groups is 2. The first-order chi connectivity index (χ1) is 11.6. The second-order valence-electron chi connectivity index (χ2n) is 5.72. The fourth-order valence-electron chi connectivity index (χ4n) is 2.94. The Morgan fingerprint density at radius 3 is 2.12 bits per heavy atom. The average molecular weight is 325 g/mol. The molecule has 5 N–H and O–H groups in total. The SMILES string of the molecule is NC(=O)C(N)CNC(=O)OCC1c2ccccc2-c2ccccc21. The number of ether oxygens (including phenoxy) is 1. The van der Waals surface area contributed by atoms with Gasteiger partial charge in [-0.2, -0.15) is 0 Å². The molecular weight excluding hydrogens is 306 g/mol. The lowest BCUT2D eigenvalue weighted by atomic mass is 9.98. The molecule has 1 aliphatic rings. The molecule has 0 bridgehead atoms. The number of amides is 2. The number of carbonyl (C=O) groups excluding carboxylic acids is 2. The number of alkyl carbamates (subject to hydrolysis) is 1. The zero-order valence-corrected chi connectivity index (χ0v) is 13.1. The molecule has 1 unspecified atom stereocenters. The summed E-state index contributed by atoms with van der Waals surface area (Å²) < 4.78 is 5.31. The summed E-state index contributed by atoms with van der Waals surface area (Å²) in [6, 6.07) is 15.3. The molecule has 0 saturated heterocycles. The summed E-state index contributed by atoms with van der Waals surface area (Å²) >= 11 is 0. The summed E-state index contributed by atoms with van der Waals surface area (Å²) in [5.74, 6) is -0.679. The molecule has 2 aromatic rings. The van der Waals surface area contributed by atoms with Gasteiger partial charge in [0.15, 0.2) is 0 Å². The lowest BCUT2D eigenvalue weighted by molar-refractivity contribution is -0.119. The van der Waals surface area contributed by atoms with E-state index in [2.05, 4.69) is 17.4 Å². The molecule has 1 atom stereocenters. The predicted octanol–water partition coefficient (Wildman–Crippen LogP) is 1.34. The van der Waals surface area contributed by atoms with Gasteiger partial charge < -0.3 is 21.5 Å². The summed E-state index contributed by atoms with van der Waals surface area (Å²) in [6.07, 6.45) is -0.617. The summed E-state index contributed by atoms with van der Waals surface area (Å²) in [5.41, 5.74) is 15.1. The molecule has 0 spiro atoms. The number of benzene rings is 2. The second-order valence-corrected chi connectivity index (χ2v) is 5.72. The normalized spacial score (nSPS) is 13.7. The predicted molar refractivity (Wildman–Crippen MR) is 90.2 cm³/mol. The molecule has 3 rings (SSSR count). The van der Waals surface area contributed by atoms with Crippen LogP contribution in [0.15, 0.2) is 48.5 Å². The van der Waals surface area contributed by atoms with Gasteiger partial charge in [0.25, 0.3) is 0 Å². The van der Waals surface area contributed by atoms with Crippen molar-refractivity contribution in [3.63, 3.8) is 0 Å². The number of fused-ring (bicyclic) bond motifs is 3. The van der Waals surface area contributed by atoms with E-state index in [1.54, 1.807) is 0 Å². The lowest BCUT2D eigenvalue weighted by Gasteiger charge is -2.15. The van der Waals surface area contributed by atoms with Crippen LogP contribution in [0.3, 0.4) is 0 Å². The average Bonchev–Trinajstić information content (AvgIpc) is 2.92. The Balaban J connectivity index is 1.67. The van der Waals surface area contributed by atoms with E-state index in [1.165, 1.54) is 0 Å². The maximum atomic E-state index is 11.8. The van der Waals surface area contributed by atoms with Crippen LogP contribution in [0.1, 0.15) is 17.0 Å². The monoisotopic (exact) mass is 325 g/mol. The minimum absolute atomic E-state index is 0.00651. The van der Waals surface area contributed by atoms with Crippen LogP contribution in [-0.4, -0.2) is 31.2 Å². The van der Waals surface area contributed by atoms with Gasteiger partial charge in [0, 0.05) is 12.5 Å². The van der Waals surface area contributed by atoms with E-state index >= 15 is 0 Å². The van der Waals surface area contributed by atoms with Crippen LogP contribution in [0.4, 0.5) is 4.79 Å². The van der Waals surface area contributed by atoms with Crippen LogP contribution < -0.4 is 16.8 Å². The summed E-state index contributed by atoms with van der Waals surface area (Å²) in [7, 11) is 0. The van der Waals surface area contributed by atoms with E-state index in [4.69, 9.17) is 16.2 Å². The van der Waals surface area contributed by atoms with Crippen molar-refractivity contribution in [1.29, 1.82) is 0 Å². The highest BCUT2D eigenvalue weighted by Gasteiger charge is 2.29. The molecule has 0 aliphatic heterocycles. The number of nitrogens with one attached hydrogen (secondary N) is 1. The second kappa shape index (κ2) is 6.72. The summed E-state index contributed by atoms with van der Waals surface area (Å²) in [6.45, 7) is 0.164. The first-order valence-electron chi connectivity index (χ1n) is 7.71. The highest BCUT2D eigenvalue weighted by molar-refractivity contribution is 5.81. The minimum atomic E-state index is -0.925. The van der Waals surface area contributed by atoms with Crippen LogP contribution in [0, 0.1) is 0 Å². The smallest absolute Gasteiger partial charge is 0.407 e. The third-order valence-corrected chi connectivity index (χ3v) is 4.18. The molecule has 0 fully saturated rings. The minimum Gasteiger partial charge on any atom is -0.449 e. The van der Waals surface area contributed by atoms with Gasteiger partial charge in [-0.3, -0.25) is 4.79 Å². The Labute approximate surface area is 139 Å². The van der Waals surface area contributed by atoms with Crippen molar-refractivity contribution < 1.29 is 14.3 Å². The van der Waals surface area contributed by atoms with Gasteiger partial charge in [0.05, 0.1) is 0 Å². The van der Waals surface area contributed by atoms with Crippen LogP contribution in [0.2, 0.25) is 0 Å². The molecule has 0 saturated carbocycles. The van der Waals surface area contributed by atoms with E-state index < -0.39 is 18.0 Å². The van der Waals surface area contributed by atoms with Gasteiger partial charge in [-0.1, -0.05) is 48.5 Å². The van der Waals surface area contributed by atoms with E-state index in [1.807, 2.05) is 36.4 Å². The number of rotatable bonds is 5. The maximum Gasteiger partial charge on any atom is 0.407 e. The Hall–Kier alpha value is -2.86. The largest absolute Gasteiger partial charge is 0.449 e. The van der Waals surface area contributed by atoms with Crippen LogP contribution in [0.25, 0.3) is 11.1 Å². The lowest BCUT2D eigenvalue weighted by Crippen LogP contribution is -2.46. The third-order valence-electron chi connectivity index (χ3n) is 4.18. The highest BCUT2D eigenvalue weighted by atomic mass is 16.5. The standard InChI is InChI=1S/C18H19N3O3/c19-16(17(20)22)9-21-18(23)24-10-15-13-7-3-1-5-11(13)12-6-2-4-8-14(12)15/h1-8,15-16H,9-10,19H2,(H2,20,22)(H,21,23). The van der Waals surface area contributed by atoms with Gasteiger partial charge in [0.1, 0.15) is 12.6 Å². The Kier molecular flexibility index (Phi) is 4.48. The number of nitrogens with two attached hydrogens (primary N) is 2. The summed E-state index contributed by atoms with van der Waals surface area (Å²) in [4.78, 5) is 22.7. The number of hydrogen-bond acceptors (Lipinski definition) is 4. The molecule has 0 heterocycles. The molecule has 6 heteroatoms. The molecule has 0 radical (unpaired) electrons. The molecule has 2 amide bonds. The first kappa shape index (κ1) is 16.0. The molecule has 124 valence electrons. The van der Waals surface area contributed by atoms with E-state index in [0.717, 1.165) is 22.3 Å². The highest BCUT2D eigenvalue weighted by Crippen LogP contribution is 2.44. The van der Waals surface area contributed by atoms with Crippen molar-refractivity contribution in [3.8, 4) is 11.1 Å². The molecule has 1 aliphatic carbocycles. The summed E-state index contributed by atoms with van der Waals surface area (Å²) in [5, 5.41) is 2.45. The Bertz CT molecular complexity index is 730. The van der Waals surface area contributed by atoms with Crippen LogP contribution in [0.5, 0.6) is 0 Å². The molecule has 6 nitrogen and oxygen atoms in total. The zero-order chi connectivity index (χ0) is 17.1. The molecule has 0 aromatic heterocycles. The Morgan fingerprint density at radius 2 is 1.58 bits per heavy atom. The number of primary amides is 1. The maximum absolute atomic E-state index is 11.8. The fraction of sp³-hybridized carbons (Fsp3) is 0.222.